The number of aromatic hydroxyl groups is 1. The lowest BCUT2D eigenvalue weighted by molar-refractivity contribution is 0.138. The number of hydrogen-bond acceptors (Lipinski definition) is 7. The molecule has 0 spiro atoms. The molecular weight excluding hydrogens is 436 g/mol. The first-order valence-electron chi connectivity index (χ1n) is 11.0. The highest BCUT2D eigenvalue weighted by molar-refractivity contribution is 7.16. The molecule has 2 aromatic heterocycles. The Morgan fingerprint density at radius 1 is 1.03 bits per heavy atom. The lowest BCUT2D eigenvalue weighted by atomic mass is 10.1. The van der Waals surface area contributed by atoms with Gasteiger partial charge < -0.3 is 20.5 Å². The number of rotatable bonds is 11. The number of phenolic OH excluding ortho intramolecular Hbond substituents is 1. The summed E-state index contributed by atoms with van der Waals surface area (Å²) in [6.45, 7) is 2.30. The molecule has 172 valence electrons. The molecule has 1 atom stereocenters. The van der Waals surface area contributed by atoms with E-state index < -0.39 is 6.23 Å². The van der Waals surface area contributed by atoms with Crippen molar-refractivity contribution in [2.24, 2.45) is 0 Å². The number of benzene rings is 2. The summed E-state index contributed by atoms with van der Waals surface area (Å²) < 4.78 is 0.684. The van der Waals surface area contributed by atoms with Crippen molar-refractivity contribution in [3.05, 3.63) is 92.8 Å². The Morgan fingerprint density at radius 3 is 2.76 bits per heavy atom. The molecule has 5 N–H and O–H groups in total. The van der Waals surface area contributed by atoms with E-state index in [9.17, 15) is 15.0 Å². The fourth-order valence-corrected chi connectivity index (χ4v) is 4.67. The summed E-state index contributed by atoms with van der Waals surface area (Å²) in [5.41, 5.74) is 4.77. The largest absolute Gasteiger partial charge is 0.506 e. The van der Waals surface area contributed by atoms with Gasteiger partial charge in [0.15, 0.2) is 0 Å². The number of fused-ring (bicyclic) bond motifs is 1. The molecule has 0 aliphatic heterocycles. The summed E-state index contributed by atoms with van der Waals surface area (Å²) in [5.74, 6) is 0.0423. The number of pyridine rings is 1. The normalized spacial score (nSPS) is 12.3. The minimum absolute atomic E-state index is 0.0423. The maximum Gasteiger partial charge on any atom is 0.305 e. The quantitative estimate of drug-likeness (QED) is 0.172. The highest BCUT2D eigenvalue weighted by Gasteiger charge is 2.13. The molecule has 0 amide bonds. The minimum atomic E-state index is -0.744. The van der Waals surface area contributed by atoms with Crippen molar-refractivity contribution in [1.29, 1.82) is 0 Å². The number of phenols is 1. The molecule has 0 saturated carbocycles. The van der Waals surface area contributed by atoms with Crippen LogP contribution in [0.25, 0.3) is 10.2 Å². The summed E-state index contributed by atoms with van der Waals surface area (Å²) in [4.78, 5) is 18.4. The van der Waals surface area contributed by atoms with Gasteiger partial charge in [0.1, 0.15) is 17.5 Å². The number of aliphatic hydroxyl groups is 1. The van der Waals surface area contributed by atoms with Crippen molar-refractivity contribution in [1.82, 2.24) is 20.6 Å². The van der Waals surface area contributed by atoms with Crippen LogP contribution in [-0.4, -0.2) is 39.5 Å². The van der Waals surface area contributed by atoms with Crippen molar-refractivity contribution >= 4 is 21.6 Å². The summed E-state index contributed by atoms with van der Waals surface area (Å²) in [6, 6.07) is 17.7. The van der Waals surface area contributed by atoms with Gasteiger partial charge in [-0.15, -0.1) is 0 Å². The Bertz CT molecular complexity index is 1240. The summed E-state index contributed by atoms with van der Waals surface area (Å²) >= 11 is 1.04. The Hall–Kier alpha value is -3.04. The predicted octanol–water partition coefficient (Wildman–Crippen LogP) is 2.72. The molecule has 8 heteroatoms. The number of aromatic amines is 1. The Balaban J connectivity index is 1.22. The molecule has 0 saturated heterocycles. The van der Waals surface area contributed by atoms with Crippen LogP contribution >= 0.6 is 11.3 Å². The van der Waals surface area contributed by atoms with Crippen LogP contribution in [-0.2, 0) is 25.8 Å². The lowest BCUT2D eigenvalue weighted by Gasteiger charge is -2.14. The number of aromatic nitrogens is 2. The molecule has 7 nitrogen and oxygen atoms in total. The number of thiazole rings is 1. The molecule has 2 aromatic carbocycles. The monoisotopic (exact) mass is 464 g/mol. The van der Waals surface area contributed by atoms with E-state index in [2.05, 4.69) is 44.9 Å². The van der Waals surface area contributed by atoms with Gasteiger partial charge in [0.25, 0.3) is 0 Å². The fraction of sp³-hybridized carbons (Fsp3) is 0.280. The molecule has 0 bridgehead atoms. The third-order valence-corrected chi connectivity index (χ3v) is 6.41. The van der Waals surface area contributed by atoms with Gasteiger partial charge in [-0.1, -0.05) is 47.7 Å². The SMILES string of the molecule is O=c1[nH]c2c(O)ccc(CC(O)NCCc3cccc(CNCCc4ccccn4)c3)c2s1. The topological polar surface area (TPSA) is 110 Å². The first-order chi connectivity index (χ1) is 16.1. The number of H-pyrrole nitrogens is 1. The third kappa shape index (κ3) is 6.49. The van der Waals surface area contributed by atoms with Crippen LogP contribution in [0.5, 0.6) is 5.75 Å². The van der Waals surface area contributed by atoms with Crippen molar-refractivity contribution in [2.75, 3.05) is 13.1 Å². The van der Waals surface area contributed by atoms with Gasteiger partial charge >= 0.3 is 4.87 Å². The van der Waals surface area contributed by atoms with Crippen LogP contribution in [0, 0.1) is 0 Å². The predicted molar refractivity (Wildman–Crippen MR) is 132 cm³/mol. The molecule has 1 unspecified atom stereocenters. The molecule has 2 heterocycles. The number of hydrogen-bond donors (Lipinski definition) is 5. The Kier molecular flexibility index (Phi) is 7.85. The first-order valence-corrected chi connectivity index (χ1v) is 11.8. The number of nitrogens with zero attached hydrogens (tertiary/aromatic N) is 1. The van der Waals surface area contributed by atoms with Crippen LogP contribution in [0.4, 0.5) is 0 Å². The molecule has 4 aromatic rings. The van der Waals surface area contributed by atoms with E-state index in [0.717, 1.165) is 48.5 Å². The van der Waals surface area contributed by atoms with Crippen LogP contribution < -0.4 is 15.5 Å². The Morgan fingerprint density at radius 2 is 1.91 bits per heavy atom. The molecule has 0 fully saturated rings. The van der Waals surface area contributed by atoms with Gasteiger partial charge in [0.2, 0.25) is 0 Å². The van der Waals surface area contributed by atoms with Crippen molar-refractivity contribution < 1.29 is 10.2 Å². The second-order valence-corrected chi connectivity index (χ2v) is 8.94. The van der Waals surface area contributed by atoms with Gasteiger partial charge in [-0.2, -0.15) is 0 Å². The van der Waals surface area contributed by atoms with Crippen molar-refractivity contribution in [2.45, 2.75) is 32.0 Å². The first kappa shape index (κ1) is 23.1. The van der Waals surface area contributed by atoms with Crippen LogP contribution in [0.2, 0.25) is 0 Å². The van der Waals surface area contributed by atoms with Gasteiger partial charge in [0.05, 0.1) is 4.70 Å². The fourth-order valence-electron chi connectivity index (χ4n) is 3.79. The average molecular weight is 465 g/mol. The third-order valence-electron chi connectivity index (χ3n) is 5.45. The van der Waals surface area contributed by atoms with E-state index in [1.165, 1.54) is 11.1 Å². The minimum Gasteiger partial charge on any atom is -0.506 e. The van der Waals surface area contributed by atoms with E-state index in [4.69, 9.17) is 0 Å². The van der Waals surface area contributed by atoms with E-state index in [1.54, 1.807) is 12.1 Å². The maximum absolute atomic E-state index is 11.7. The number of nitrogens with one attached hydrogen (secondary N) is 3. The van der Waals surface area contributed by atoms with E-state index in [-0.39, 0.29) is 10.6 Å². The molecule has 0 radical (unpaired) electrons. The molecule has 0 aliphatic carbocycles. The highest BCUT2D eigenvalue weighted by atomic mass is 32.1. The van der Waals surface area contributed by atoms with Crippen molar-refractivity contribution in [3.63, 3.8) is 0 Å². The van der Waals surface area contributed by atoms with Gasteiger partial charge in [-0.25, -0.2) is 0 Å². The van der Waals surface area contributed by atoms with E-state index >= 15 is 0 Å². The molecule has 0 aliphatic rings. The van der Waals surface area contributed by atoms with Gasteiger partial charge in [-0.05, 0) is 41.3 Å². The second kappa shape index (κ2) is 11.2. The van der Waals surface area contributed by atoms with E-state index in [1.807, 2.05) is 24.4 Å². The Labute approximate surface area is 196 Å². The lowest BCUT2D eigenvalue weighted by Crippen LogP contribution is -2.32. The highest BCUT2D eigenvalue weighted by Crippen LogP contribution is 2.28. The van der Waals surface area contributed by atoms with Crippen LogP contribution in [0.3, 0.4) is 0 Å². The number of aliphatic hydroxyl groups excluding tert-OH is 1. The smallest absolute Gasteiger partial charge is 0.305 e. The average Bonchev–Trinajstić information content (AvgIpc) is 3.22. The molecule has 4 rings (SSSR count). The summed E-state index contributed by atoms with van der Waals surface area (Å²) in [5, 5.41) is 26.9. The maximum atomic E-state index is 11.7. The van der Waals surface area contributed by atoms with Gasteiger partial charge in [-0.3, -0.25) is 15.1 Å². The molecule has 33 heavy (non-hydrogen) atoms. The second-order valence-electron chi connectivity index (χ2n) is 7.95. The zero-order chi connectivity index (χ0) is 23.0. The summed E-state index contributed by atoms with van der Waals surface area (Å²) in [6.07, 6.45) is 3.12. The zero-order valence-electron chi connectivity index (χ0n) is 18.3. The zero-order valence-corrected chi connectivity index (χ0v) is 19.1. The van der Waals surface area contributed by atoms with E-state index in [0.29, 0.717) is 23.2 Å². The standard InChI is InChI=1S/C25H28N4O3S/c30-21-8-7-19(24-23(21)29-25(32)33-24)15-22(31)28-13-9-17-4-3-5-18(14-17)16-26-12-10-20-6-1-2-11-27-20/h1-8,11,14,22,26,28,30-31H,9-10,12-13,15-16H2,(H,29,32). The summed E-state index contributed by atoms with van der Waals surface area (Å²) in [7, 11) is 0. The van der Waals surface area contributed by atoms with Crippen molar-refractivity contribution in [3.8, 4) is 5.75 Å². The van der Waals surface area contributed by atoms with Crippen LogP contribution in [0.1, 0.15) is 22.4 Å². The van der Waals surface area contributed by atoms with Gasteiger partial charge in [0, 0.05) is 44.4 Å². The van der Waals surface area contributed by atoms with Crippen LogP contribution in [0.15, 0.2) is 65.6 Å². The molecular formula is C25H28N4O3S.